The Labute approximate surface area is 130 Å². The van der Waals surface area contributed by atoms with Crippen molar-refractivity contribution in [3.8, 4) is 17.2 Å². The van der Waals surface area contributed by atoms with E-state index in [1.165, 1.54) is 0 Å². The van der Waals surface area contributed by atoms with E-state index in [1.807, 2.05) is 38.1 Å². The van der Waals surface area contributed by atoms with Gasteiger partial charge in [-0.2, -0.15) is 0 Å². The van der Waals surface area contributed by atoms with Crippen molar-refractivity contribution in [1.82, 2.24) is 0 Å². The van der Waals surface area contributed by atoms with Crippen molar-refractivity contribution in [1.29, 1.82) is 0 Å². The highest BCUT2D eigenvalue weighted by Gasteiger charge is 2.07. The number of nitrogens with two attached hydrogens (primary N) is 1. The molecule has 0 aliphatic rings. The van der Waals surface area contributed by atoms with Crippen molar-refractivity contribution in [3.63, 3.8) is 0 Å². The summed E-state index contributed by atoms with van der Waals surface area (Å²) in [4.78, 5) is 0. The normalized spacial score (nSPS) is 10.7. The molecule has 0 aliphatic carbocycles. The van der Waals surface area contributed by atoms with Crippen LogP contribution in [0.1, 0.15) is 26.3 Å². The predicted molar refractivity (Wildman–Crippen MR) is 87.5 cm³/mol. The summed E-state index contributed by atoms with van der Waals surface area (Å²) < 4.78 is 11.5. The molecule has 0 saturated carbocycles. The standard InChI is InChI=1S/C17H20ClNO2/c1-4-12-9-13(5-7-15(12)18)21-14-6-8-16(19)17(10-14)20-11(2)3/h5-11H,4,19H2,1-3H3. The number of ether oxygens (including phenoxy) is 2. The maximum absolute atomic E-state index is 6.11. The Morgan fingerprint density at radius 3 is 2.43 bits per heavy atom. The van der Waals surface area contributed by atoms with Gasteiger partial charge >= 0.3 is 0 Å². The Morgan fingerprint density at radius 1 is 1.10 bits per heavy atom. The van der Waals surface area contributed by atoms with E-state index in [0.29, 0.717) is 17.2 Å². The number of nitrogen functional groups attached to an aromatic ring is 1. The van der Waals surface area contributed by atoms with Gasteiger partial charge in [0.15, 0.2) is 0 Å². The van der Waals surface area contributed by atoms with Gasteiger partial charge in [-0.3, -0.25) is 0 Å². The number of hydrogen-bond acceptors (Lipinski definition) is 3. The topological polar surface area (TPSA) is 44.5 Å². The second-order valence-electron chi connectivity index (χ2n) is 5.08. The first-order chi connectivity index (χ1) is 9.99. The molecule has 0 unspecified atom stereocenters. The number of hydrogen-bond donors (Lipinski definition) is 1. The van der Waals surface area contributed by atoms with Crippen molar-refractivity contribution in [2.45, 2.75) is 33.3 Å². The fourth-order valence-electron chi connectivity index (χ4n) is 1.96. The maximum atomic E-state index is 6.11. The van der Waals surface area contributed by atoms with Gasteiger partial charge in [0.25, 0.3) is 0 Å². The number of anilines is 1. The van der Waals surface area contributed by atoms with E-state index >= 15 is 0 Å². The van der Waals surface area contributed by atoms with Gasteiger partial charge in [-0.15, -0.1) is 0 Å². The summed E-state index contributed by atoms with van der Waals surface area (Å²) in [5.41, 5.74) is 7.56. The summed E-state index contributed by atoms with van der Waals surface area (Å²) in [5, 5.41) is 0.756. The van der Waals surface area contributed by atoms with Gasteiger partial charge in [-0.1, -0.05) is 18.5 Å². The third-order valence-corrected chi connectivity index (χ3v) is 3.35. The molecule has 112 valence electrons. The zero-order valence-electron chi connectivity index (χ0n) is 12.5. The third kappa shape index (κ3) is 4.05. The molecule has 0 fully saturated rings. The van der Waals surface area contributed by atoms with Crippen LogP contribution < -0.4 is 15.2 Å². The van der Waals surface area contributed by atoms with Gasteiger partial charge in [0.2, 0.25) is 0 Å². The molecular weight excluding hydrogens is 286 g/mol. The Kier molecular flexibility index (Phi) is 4.97. The molecule has 3 nitrogen and oxygen atoms in total. The summed E-state index contributed by atoms with van der Waals surface area (Å²) in [6.45, 7) is 5.97. The van der Waals surface area contributed by atoms with E-state index in [9.17, 15) is 0 Å². The third-order valence-electron chi connectivity index (χ3n) is 2.98. The quantitative estimate of drug-likeness (QED) is 0.785. The molecule has 0 radical (unpaired) electrons. The molecule has 0 aliphatic heterocycles. The van der Waals surface area contributed by atoms with Crippen molar-refractivity contribution in [3.05, 3.63) is 47.0 Å². The summed E-state index contributed by atoms with van der Waals surface area (Å²) in [6.07, 6.45) is 0.921. The lowest BCUT2D eigenvalue weighted by atomic mass is 10.1. The first-order valence-corrected chi connectivity index (χ1v) is 7.40. The number of rotatable bonds is 5. The number of aryl methyl sites for hydroxylation is 1. The van der Waals surface area contributed by atoms with E-state index in [-0.39, 0.29) is 6.10 Å². The van der Waals surface area contributed by atoms with E-state index < -0.39 is 0 Å². The second-order valence-corrected chi connectivity index (χ2v) is 5.48. The van der Waals surface area contributed by atoms with Gasteiger partial charge in [-0.05, 0) is 56.2 Å². The molecule has 2 aromatic rings. The minimum Gasteiger partial charge on any atom is -0.489 e. The lowest BCUT2D eigenvalue weighted by Crippen LogP contribution is -2.07. The molecule has 2 rings (SSSR count). The lowest BCUT2D eigenvalue weighted by molar-refractivity contribution is 0.243. The first kappa shape index (κ1) is 15.5. The molecule has 2 aromatic carbocycles. The van der Waals surface area contributed by atoms with Crippen molar-refractivity contribution in [2.24, 2.45) is 0 Å². The molecule has 0 atom stereocenters. The Bertz CT molecular complexity index is 626. The van der Waals surface area contributed by atoms with Crippen LogP contribution >= 0.6 is 11.6 Å². The molecule has 2 N–H and O–H groups in total. The molecule has 0 amide bonds. The highest BCUT2D eigenvalue weighted by Crippen LogP contribution is 2.32. The molecule has 0 saturated heterocycles. The van der Waals surface area contributed by atoms with E-state index in [0.717, 1.165) is 22.8 Å². The average Bonchev–Trinajstić information content (AvgIpc) is 2.44. The Balaban J connectivity index is 2.23. The van der Waals surface area contributed by atoms with Crippen molar-refractivity contribution >= 4 is 17.3 Å². The number of benzene rings is 2. The van der Waals surface area contributed by atoms with Crippen LogP contribution in [0.3, 0.4) is 0 Å². The lowest BCUT2D eigenvalue weighted by Gasteiger charge is -2.14. The maximum Gasteiger partial charge on any atom is 0.146 e. The van der Waals surface area contributed by atoms with E-state index in [1.54, 1.807) is 12.1 Å². The minimum absolute atomic E-state index is 0.0600. The average molecular weight is 306 g/mol. The van der Waals surface area contributed by atoms with Gasteiger partial charge in [0.1, 0.15) is 17.2 Å². The summed E-state index contributed by atoms with van der Waals surface area (Å²) >= 11 is 6.11. The minimum atomic E-state index is 0.0600. The molecule has 0 aromatic heterocycles. The molecule has 4 heteroatoms. The van der Waals surface area contributed by atoms with Crippen molar-refractivity contribution < 1.29 is 9.47 Å². The van der Waals surface area contributed by atoms with E-state index in [2.05, 4.69) is 6.92 Å². The molecule has 0 bridgehead atoms. The fraction of sp³-hybridized carbons (Fsp3) is 0.294. The smallest absolute Gasteiger partial charge is 0.146 e. The summed E-state index contributed by atoms with van der Waals surface area (Å²) in [6, 6.07) is 11.0. The number of halogens is 1. The Hall–Kier alpha value is -1.87. The van der Waals surface area contributed by atoms with Crippen molar-refractivity contribution in [2.75, 3.05) is 5.73 Å². The highest BCUT2D eigenvalue weighted by atomic mass is 35.5. The van der Waals surface area contributed by atoms with Gasteiger partial charge in [0.05, 0.1) is 11.8 Å². The van der Waals surface area contributed by atoms with Crippen LogP contribution in [0.5, 0.6) is 17.2 Å². The van der Waals surface area contributed by atoms with Crippen LogP contribution in [-0.2, 0) is 6.42 Å². The SMILES string of the molecule is CCc1cc(Oc2ccc(N)c(OC(C)C)c2)ccc1Cl. The van der Waals surface area contributed by atoms with Crippen LogP contribution in [0.4, 0.5) is 5.69 Å². The van der Waals surface area contributed by atoms with Crippen LogP contribution in [0.2, 0.25) is 5.02 Å². The summed E-state index contributed by atoms with van der Waals surface area (Å²) in [5.74, 6) is 2.06. The predicted octanol–water partition coefficient (Wildman–Crippen LogP) is 5.06. The zero-order chi connectivity index (χ0) is 15.4. The largest absolute Gasteiger partial charge is 0.489 e. The first-order valence-electron chi connectivity index (χ1n) is 7.02. The van der Waals surface area contributed by atoms with E-state index in [4.69, 9.17) is 26.8 Å². The molecule has 0 heterocycles. The second kappa shape index (κ2) is 6.72. The monoisotopic (exact) mass is 305 g/mol. The van der Waals surface area contributed by atoms with Crippen LogP contribution in [0.15, 0.2) is 36.4 Å². The summed E-state index contributed by atoms with van der Waals surface area (Å²) in [7, 11) is 0. The fourth-order valence-corrected chi connectivity index (χ4v) is 2.21. The van der Waals surface area contributed by atoms with Gasteiger partial charge in [-0.25, -0.2) is 0 Å². The van der Waals surface area contributed by atoms with Crippen LogP contribution in [0, 0.1) is 0 Å². The van der Waals surface area contributed by atoms with Crippen LogP contribution in [0.25, 0.3) is 0 Å². The Morgan fingerprint density at radius 2 is 1.76 bits per heavy atom. The highest BCUT2D eigenvalue weighted by molar-refractivity contribution is 6.31. The zero-order valence-corrected chi connectivity index (χ0v) is 13.3. The van der Waals surface area contributed by atoms with Gasteiger partial charge in [0, 0.05) is 11.1 Å². The van der Waals surface area contributed by atoms with Gasteiger partial charge < -0.3 is 15.2 Å². The van der Waals surface area contributed by atoms with Crippen LogP contribution in [-0.4, -0.2) is 6.10 Å². The molecular formula is C17H20ClNO2. The molecule has 0 spiro atoms. The molecule has 21 heavy (non-hydrogen) atoms.